The number of nitrogen functional groups attached to an aromatic ring is 1. The number of aryl methyl sites for hydroxylation is 1. The van der Waals surface area contributed by atoms with E-state index >= 15 is 0 Å². The number of amides is 2. The van der Waals surface area contributed by atoms with Crippen molar-refractivity contribution in [2.24, 2.45) is 16.8 Å². The molecule has 1 aromatic carbocycles. The van der Waals surface area contributed by atoms with Crippen LogP contribution < -0.4 is 37.1 Å². The third-order valence-corrected chi connectivity index (χ3v) is 10.1. The Morgan fingerprint density at radius 3 is 2.72 bits per heavy atom. The van der Waals surface area contributed by atoms with Crippen LogP contribution in [-0.2, 0) is 40.3 Å². The molecule has 3 unspecified atom stereocenters. The number of hydrogen-bond donors (Lipinski definition) is 7. The molecule has 2 fully saturated rings. The number of nitrogens with two attached hydrogens (primary N) is 2. The summed E-state index contributed by atoms with van der Waals surface area (Å²) >= 11 is 0.965. The fourth-order valence-corrected chi connectivity index (χ4v) is 6.77. The first-order valence-corrected chi connectivity index (χ1v) is 19.0. The normalized spacial score (nSPS) is 21.5. The van der Waals surface area contributed by atoms with Crippen molar-refractivity contribution in [3.05, 3.63) is 46.6 Å². The number of carbonyl (C=O) groups is 3. The number of oxime groups is 1. The fourth-order valence-electron chi connectivity index (χ4n) is 5.77. The van der Waals surface area contributed by atoms with Gasteiger partial charge in [0, 0.05) is 37.1 Å². The van der Waals surface area contributed by atoms with Crippen molar-refractivity contribution in [2.75, 3.05) is 38.5 Å². The van der Waals surface area contributed by atoms with Gasteiger partial charge in [-0.05, 0) is 69.8 Å². The lowest BCUT2D eigenvalue weighted by atomic mass is 9.84. The third-order valence-electron chi connectivity index (χ3n) is 9.12. The Morgan fingerprint density at radius 1 is 1.36 bits per heavy atom. The summed E-state index contributed by atoms with van der Waals surface area (Å²) in [5, 5.41) is 25.0. The lowest BCUT2D eigenvalue weighted by Crippen LogP contribution is -2.76. The molecule has 1 aromatic heterocycles. The number of anilines is 1. The number of hydroxylamine groups is 2. The van der Waals surface area contributed by atoms with Crippen LogP contribution in [0, 0.1) is 5.92 Å². The zero-order chi connectivity index (χ0) is 38.6. The monoisotopic (exact) mass is 777 g/mol. The fraction of sp³-hybridized carbons (Fsp3) is 0.500. The number of benzene rings is 1. The SMILES string of the molecule is CC(O/N=C(\C(=O)NC1C(=O)N(OS(=O)(=O)[O-])C1(C)C)c1csc(N)n1)(C(=O)O)C1CCc2cc(/C(C=[NH+]CC3CNC3)=C/NCCCN)ccc2O1. The highest BCUT2D eigenvalue weighted by Gasteiger charge is 2.57. The standard InChI is InChI=1S/C32H43N9O10S2/c1-31(2)26(28(43)41(31)51-53(46,47)48)39-27(42)25(22-17-52-30(34)38-22)40-50-32(3,29(44)45)24-8-6-20-11-19(5-7-23(20)49-24)21(15-35-10-4-9-33)16-37-14-18-12-36-13-18/h5,7,11,15-18,24,26,35-36H,4,6,8-10,12-14,33H2,1-3H3,(H2,34,38)(H,39,42)(H,44,45)(H,46,47,48)/b21-15+,37-16?,40-25-. The van der Waals surface area contributed by atoms with Crippen molar-refractivity contribution in [3.8, 4) is 5.75 Å². The van der Waals surface area contributed by atoms with Crippen LogP contribution in [-0.4, -0.2) is 114 Å². The molecule has 53 heavy (non-hydrogen) atoms. The average Bonchev–Trinajstić information content (AvgIpc) is 3.52. The van der Waals surface area contributed by atoms with Gasteiger partial charge in [-0.3, -0.25) is 9.59 Å². The Hall–Kier alpha value is -4.67. The molecular formula is C32H43N9O10S2. The van der Waals surface area contributed by atoms with Crippen molar-refractivity contribution >= 4 is 62.2 Å². The second-order valence-corrected chi connectivity index (χ2v) is 15.3. The smallest absolute Gasteiger partial charge is 0.354 e. The predicted molar refractivity (Wildman–Crippen MR) is 191 cm³/mol. The summed E-state index contributed by atoms with van der Waals surface area (Å²) in [7, 11) is -5.28. The molecule has 0 saturated carbocycles. The van der Waals surface area contributed by atoms with Gasteiger partial charge < -0.3 is 46.7 Å². The van der Waals surface area contributed by atoms with Crippen molar-refractivity contribution in [3.63, 3.8) is 0 Å². The number of fused-ring (bicyclic) bond motifs is 1. The van der Waals surface area contributed by atoms with Gasteiger partial charge in [-0.1, -0.05) is 11.2 Å². The van der Waals surface area contributed by atoms with Gasteiger partial charge in [0.05, 0.1) is 11.1 Å². The van der Waals surface area contributed by atoms with Crippen LogP contribution in [0.3, 0.4) is 0 Å². The van der Waals surface area contributed by atoms with E-state index in [1.165, 1.54) is 26.2 Å². The van der Waals surface area contributed by atoms with E-state index in [2.05, 4.69) is 35.4 Å². The molecule has 9 N–H and O–H groups in total. The molecule has 0 aliphatic carbocycles. The zero-order valence-electron chi connectivity index (χ0n) is 29.3. The van der Waals surface area contributed by atoms with Gasteiger partial charge in [0.25, 0.3) is 17.4 Å². The minimum Gasteiger partial charge on any atom is -0.724 e. The van der Waals surface area contributed by atoms with Gasteiger partial charge in [-0.15, -0.1) is 11.3 Å². The van der Waals surface area contributed by atoms with E-state index in [0.29, 0.717) is 36.2 Å². The Balaban J connectivity index is 1.34. The van der Waals surface area contributed by atoms with Gasteiger partial charge >= 0.3 is 5.97 Å². The highest BCUT2D eigenvalue weighted by molar-refractivity contribution is 7.80. The van der Waals surface area contributed by atoms with Crippen LogP contribution in [0.5, 0.6) is 5.75 Å². The number of thiazole rings is 1. The van der Waals surface area contributed by atoms with Gasteiger partial charge in [0.15, 0.2) is 23.2 Å². The zero-order valence-corrected chi connectivity index (χ0v) is 30.9. The van der Waals surface area contributed by atoms with Crippen molar-refractivity contribution in [1.29, 1.82) is 0 Å². The number of hydrogen-bond acceptors (Lipinski definition) is 16. The van der Waals surface area contributed by atoms with E-state index in [1.54, 1.807) is 6.07 Å². The molecule has 3 aliphatic heterocycles. The summed E-state index contributed by atoms with van der Waals surface area (Å²) in [6, 6.07) is 4.25. The molecule has 4 heterocycles. The summed E-state index contributed by atoms with van der Waals surface area (Å²) in [5.41, 5.74) is 9.91. The lowest BCUT2D eigenvalue weighted by Gasteiger charge is -2.51. The van der Waals surface area contributed by atoms with E-state index in [-0.39, 0.29) is 17.2 Å². The summed E-state index contributed by atoms with van der Waals surface area (Å²) < 4.78 is 43.7. The molecule has 0 bridgehead atoms. The van der Waals surface area contributed by atoms with Crippen LogP contribution >= 0.6 is 11.3 Å². The quantitative estimate of drug-likeness (QED) is 0.0225. The molecule has 19 nitrogen and oxygen atoms in total. The number of aliphatic carboxylic acids is 1. The Labute approximate surface area is 309 Å². The predicted octanol–water partition coefficient (Wildman–Crippen LogP) is -2.17. The molecule has 2 amide bonds. The Bertz CT molecular complexity index is 1910. The van der Waals surface area contributed by atoms with Crippen LogP contribution in [0.2, 0.25) is 0 Å². The minimum absolute atomic E-state index is 0.0572. The number of β-lactam (4-membered cyclic amide) rings is 1. The molecule has 3 aliphatic rings. The van der Waals surface area contributed by atoms with Gasteiger partial charge in [0.1, 0.15) is 24.0 Å². The second kappa shape index (κ2) is 16.1. The first-order valence-electron chi connectivity index (χ1n) is 16.8. The molecule has 5 rings (SSSR count). The number of carboxylic acids is 1. The summed E-state index contributed by atoms with van der Waals surface area (Å²) in [6.45, 7) is 8.01. The summed E-state index contributed by atoms with van der Waals surface area (Å²) in [6.07, 6.45) is 4.29. The number of allylic oxidation sites excluding steroid dienone is 1. The van der Waals surface area contributed by atoms with Crippen molar-refractivity contribution in [1.82, 2.24) is 26.0 Å². The maximum Gasteiger partial charge on any atom is 0.354 e. The highest BCUT2D eigenvalue weighted by atomic mass is 32.3. The van der Waals surface area contributed by atoms with E-state index in [0.717, 1.165) is 54.1 Å². The number of carbonyl (C=O) groups excluding carboxylic acids is 2. The van der Waals surface area contributed by atoms with Crippen molar-refractivity contribution in [2.45, 2.75) is 63.3 Å². The van der Waals surface area contributed by atoms with E-state index in [4.69, 9.17) is 21.0 Å². The highest BCUT2D eigenvalue weighted by Crippen LogP contribution is 2.36. The lowest BCUT2D eigenvalue weighted by molar-refractivity contribution is -0.461. The number of carboxylic acid groups (broad SMARTS) is 1. The largest absolute Gasteiger partial charge is 0.724 e. The third kappa shape index (κ3) is 9.11. The maximum atomic E-state index is 13.5. The van der Waals surface area contributed by atoms with E-state index in [1.807, 2.05) is 24.5 Å². The van der Waals surface area contributed by atoms with Gasteiger partial charge in [-0.25, -0.2) is 23.2 Å². The number of nitrogens with zero attached hydrogens (tertiary/aromatic N) is 3. The van der Waals surface area contributed by atoms with Gasteiger partial charge in [-0.2, -0.15) is 9.35 Å². The molecule has 3 atom stereocenters. The topological polar surface area (TPSA) is 287 Å². The number of aromatic nitrogens is 1. The molecule has 0 radical (unpaired) electrons. The number of ether oxygens (including phenoxy) is 1. The molecular weight excluding hydrogens is 735 g/mol. The molecule has 288 valence electrons. The first kappa shape index (κ1) is 39.5. The van der Waals surface area contributed by atoms with Crippen LogP contribution in [0.25, 0.3) is 5.57 Å². The van der Waals surface area contributed by atoms with E-state index in [9.17, 15) is 32.5 Å². The molecule has 21 heteroatoms. The Kier molecular flexibility index (Phi) is 12.0. The number of nitrogens with one attached hydrogen (secondary N) is 4. The van der Waals surface area contributed by atoms with Crippen LogP contribution in [0.1, 0.15) is 50.4 Å². The second-order valence-electron chi connectivity index (χ2n) is 13.4. The molecule has 0 spiro atoms. The summed E-state index contributed by atoms with van der Waals surface area (Å²) in [4.78, 5) is 52.0. The van der Waals surface area contributed by atoms with Crippen molar-refractivity contribution < 1.29 is 51.3 Å². The maximum absolute atomic E-state index is 13.5. The van der Waals surface area contributed by atoms with E-state index < -0.39 is 57.2 Å². The number of rotatable bonds is 17. The Morgan fingerprint density at radius 2 is 2.11 bits per heavy atom. The molecule has 2 aromatic rings. The molecule has 2 saturated heterocycles. The van der Waals surface area contributed by atoms with Crippen LogP contribution in [0.4, 0.5) is 5.13 Å². The minimum atomic E-state index is -5.28. The van der Waals surface area contributed by atoms with Gasteiger partial charge in [0.2, 0.25) is 10.4 Å². The average molecular weight is 778 g/mol. The van der Waals surface area contributed by atoms with Crippen LogP contribution in [0.15, 0.2) is 34.9 Å². The summed E-state index contributed by atoms with van der Waals surface area (Å²) in [5.74, 6) is -2.47. The first-order chi connectivity index (χ1) is 25.0.